The maximum atomic E-state index is 11.4. The monoisotopic (exact) mass is 333 g/mol. The fourth-order valence-corrected chi connectivity index (χ4v) is 3.77. The van der Waals surface area contributed by atoms with E-state index in [4.69, 9.17) is 23.2 Å². The molecule has 2 rings (SSSR count). The first-order valence-corrected chi connectivity index (χ1v) is 9.48. The molecular weight excluding hydrogens is 313 g/mol. The third-order valence-electron chi connectivity index (χ3n) is 4.27. The number of benzene rings is 1. The standard InChI is InChI=1S/C15H21Cl2NOS/c1-3-18(9-10-20(2)19)15(7-4-8-15)12-5-6-13(16)14(17)11-12/h5-6,11H,3-4,7-10H2,1-2H3. The maximum absolute atomic E-state index is 11.4. The van der Waals surface area contributed by atoms with Gasteiger partial charge in [-0.15, -0.1) is 0 Å². The molecule has 1 unspecified atom stereocenters. The highest BCUT2D eigenvalue weighted by atomic mass is 35.5. The minimum Gasteiger partial charge on any atom is -0.293 e. The molecule has 0 aromatic heterocycles. The molecule has 0 spiro atoms. The lowest BCUT2D eigenvalue weighted by atomic mass is 9.70. The lowest BCUT2D eigenvalue weighted by molar-refractivity contribution is 0.0211. The third-order valence-corrected chi connectivity index (χ3v) is 5.77. The fourth-order valence-electron chi connectivity index (χ4n) is 3.00. The lowest BCUT2D eigenvalue weighted by Crippen LogP contribution is -2.52. The van der Waals surface area contributed by atoms with E-state index in [1.807, 2.05) is 12.1 Å². The molecule has 0 bridgehead atoms. The Bertz CT molecular complexity index is 503. The summed E-state index contributed by atoms with van der Waals surface area (Å²) < 4.78 is 11.4. The van der Waals surface area contributed by atoms with Gasteiger partial charge in [-0.05, 0) is 43.5 Å². The number of halogens is 2. The van der Waals surface area contributed by atoms with Gasteiger partial charge in [-0.25, -0.2) is 0 Å². The average molecular weight is 334 g/mol. The van der Waals surface area contributed by atoms with Gasteiger partial charge in [0.15, 0.2) is 0 Å². The van der Waals surface area contributed by atoms with E-state index >= 15 is 0 Å². The van der Waals surface area contributed by atoms with Crippen molar-refractivity contribution in [1.29, 1.82) is 0 Å². The van der Waals surface area contributed by atoms with Gasteiger partial charge in [0.2, 0.25) is 0 Å². The lowest BCUT2D eigenvalue weighted by Gasteiger charge is -2.51. The Kier molecular flexibility index (Phi) is 5.52. The van der Waals surface area contributed by atoms with E-state index in [1.54, 1.807) is 6.26 Å². The fraction of sp³-hybridized carbons (Fsp3) is 0.600. The molecule has 1 atom stereocenters. The van der Waals surface area contributed by atoms with Gasteiger partial charge < -0.3 is 0 Å². The Morgan fingerprint density at radius 2 is 2.00 bits per heavy atom. The second-order valence-corrected chi connectivity index (χ2v) is 7.74. The highest BCUT2D eigenvalue weighted by molar-refractivity contribution is 7.84. The zero-order valence-electron chi connectivity index (χ0n) is 12.0. The summed E-state index contributed by atoms with van der Waals surface area (Å²) in [5.41, 5.74) is 1.30. The quantitative estimate of drug-likeness (QED) is 0.781. The molecule has 0 heterocycles. The summed E-state index contributed by atoms with van der Waals surface area (Å²) in [4.78, 5) is 2.44. The second kappa shape index (κ2) is 6.78. The van der Waals surface area contributed by atoms with E-state index in [-0.39, 0.29) is 5.54 Å². The van der Waals surface area contributed by atoms with Crippen LogP contribution in [-0.2, 0) is 16.3 Å². The SMILES string of the molecule is CCN(CCS(C)=O)C1(c2ccc(Cl)c(Cl)c2)CCC1. The van der Waals surface area contributed by atoms with Gasteiger partial charge in [-0.3, -0.25) is 9.11 Å². The van der Waals surface area contributed by atoms with Crippen LogP contribution in [0.1, 0.15) is 31.7 Å². The van der Waals surface area contributed by atoms with Crippen molar-refractivity contribution in [2.75, 3.05) is 25.1 Å². The molecule has 1 saturated carbocycles. The van der Waals surface area contributed by atoms with Crippen LogP contribution in [0, 0.1) is 0 Å². The summed E-state index contributed by atoms with van der Waals surface area (Å²) in [6.07, 6.45) is 5.26. The minimum absolute atomic E-state index is 0.0579. The highest BCUT2D eigenvalue weighted by Gasteiger charge is 2.43. The molecular formula is C15H21Cl2NOS. The minimum atomic E-state index is -0.754. The Morgan fingerprint density at radius 3 is 2.45 bits per heavy atom. The van der Waals surface area contributed by atoms with Crippen molar-refractivity contribution in [2.45, 2.75) is 31.7 Å². The Hall–Kier alpha value is -0.0900. The molecule has 2 nitrogen and oxygen atoms in total. The van der Waals surface area contributed by atoms with Crippen molar-refractivity contribution in [2.24, 2.45) is 0 Å². The number of nitrogens with zero attached hydrogens (tertiary/aromatic N) is 1. The Labute approximate surface area is 133 Å². The van der Waals surface area contributed by atoms with Crippen molar-refractivity contribution >= 4 is 34.0 Å². The van der Waals surface area contributed by atoms with Crippen molar-refractivity contribution < 1.29 is 4.21 Å². The molecule has 20 heavy (non-hydrogen) atoms. The zero-order chi connectivity index (χ0) is 14.8. The summed E-state index contributed by atoms with van der Waals surface area (Å²) >= 11 is 12.2. The summed E-state index contributed by atoms with van der Waals surface area (Å²) in [5, 5.41) is 1.22. The van der Waals surface area contributed by atoms with E-state index < -0.39 is 10.8 Å². The van der Waals surface area contributed by atoms with Crippen LogP contribution >= 0.6 is 23.2 Å². The molecule has 0 saturated heterocycles. The summed E-state index contributed by atoms with van der Waals surface area (Å²) in [7, 11) is -0.754. The molecule has 112 valence electrons. The summed E-state index contributed by atoms with van der Waals surface area (Å²) in [5.74, 6) is 0.719. The Balaban J connectivity index is 2.26. The maximum Gasteiger partial charge on any atom is 0.0595 e. The molecule has 5 heteroatoms. The van der Waals surface area contributed by atoms with E-state index in [9.17, 15) is 4.21 Å². The number of hydrogen-bond acceptors (Lipinski definition) is 2. The molecule has 1 aromatic rings. The van der Waals surface area contributed by atoms with Crippen molar-refractivity contribution in [1.82, 2.24) is 4.90 Å². The van der Waals surface area contributed by atoms with Gasteiger partial charge in [0.25, 0.3) is 0 Å². The largest absolute Gasteiger partial charge is 0.293 e. The van der Waals surface area contributed by atoms with Gasteiger partial charge >= 0.3 is 0 Å². The van der Waals surface area contributed by atoms with Crippen molar-refractivity contribution in [3.63, 3.8) is 0 Å². The van der Waals surface area contributed by atoms with Crippen LogP contribution in [0.25, 0.3) is 0 Å². The molecule has 1 aliphatic carbocycles. The number of rotatable bonds is 6. The van der Waals surface area contributed by atoms with Crippen molar-refractivity contribution in [3.05, 3.63) is 33.8 Å². The molecule has 1 fully saturated rings. The van der Waals surface area contributed by atoms with Crippen LogP contribution < -0.4 is 0 Å². The third kappa shape index (κ3) is 3.22. The van der Waals surface area contributed by atoms with Crippen LogP contribution in [0.2, 0.25) is 10.0 Å². The van der Waals surface area contributed by atoms with E-state index in [0.29, 0.717) is 10.0 Å². The summed E-state index contributed by atoms with van der Waals surface area (Å²) in [6, 6.07) is 5.96. The van der Waals surface area contributed by atoms with E-state index in [0.717, 1.165) is 31.7 Å². The molecule has 0 radical (unpaired) electrons. The second-order valence-electron chi connectivity index (χ2n) is 5.37. The van der Waals surface area contributed by atoms with Crippen LogP contribution in [0.3, 0.4) is 0 Å². The number of hydrogen-bond donors (Lipinski definition) is 0. The average Bonchev–Trinajstić information content (AvgIpc) is 2.35. The predicted molar refractivity (Wildman–Crippen MR) is 88.2 cm³/mol. The van der Waals surface area contributed by atoms with Gasteiger partial charge in [0.1, 0.15) is 0 Å². The molecule has 1 aliphatic rings. The van der Waals surface area contributed by atoms with Gasteiger partial charge in [-0.2, -0.15) is 0 Å². The first-order valence-electron chi connectivity index (χ1n) is 7.00. The van der Waals surface area contributed by atoms with Crippen LogP contribution in [0.5, 0.6) is 0 Å². The van der Waals surface area contributed by atoms with Crippen molar-refractivity contribution in [3.8, 4) is 0 Å². The van der Waals surface area contributed by atoms with Crippen LogP contribution in [0.15, 0.2) is 18.2 Å². The molecule has 1 aromatic carbocycles. The normalized spacial score (nSPS) is 18.9. The Morgan fingerprint density at radius 1 is 1.30 bits per heavy atom. The van der Waals surface area contributed by atoms with Gasteiger partial charge in [-0.1, -0.05) is 36.2 Å². The zero-order valence-corrected chi connectivity index (χ0v) is 14.3. The smallest absolute Gasteiger partial charge is 0.0595 e. The highest BCUT2D eigenvalue weighted by Crippen LogP contribution is 2.47. The molecule has 0 amide bonds. The first-order chi connectivity index (χ1) is 9.49. The van der Waals surface area contributed by atoms with Crippen LogP contribution in [-0.4, -0.2) is 34.2 Å². The topological polar surface area (TPSA) is 20.3 Å². The van der Waals surface area contributed by atoms with Gasteiger partial charge in [0, 0.05) is 34.9 Å². The van der Waals surface area contributed by atoms with E-state index in [1.165, 1.54) is 12.0 Å². The first kappa shape index (κ1) is 16.3. The van der Waals surface area contributed by atoms with E-state index in [2.05, 4.69) is 17.9 Å². The van der Waals surface area contributed by atoms with Crippen LogP contribution in [0.4, 0.5) is 0 Å². The predicted octanol–water partition coefficient (Wildman–Crippen LogP) is 4.07. The van der Waals surface area contributed by atoms with Gasteiger partial charge in [0.05, 0.1) is 10.0 Å². The summed E-state index contributed by atoms with van der Waals surface area (Å²) in [6.45, 7) is 3.98. The molecule has 0 N–H and O–H groups in total. The molecule has 0 aliphatic heterocycles.